The van der Waals surface area contributed by atoms with Crippen LogP contribution in [-0.4, -0.2) is 35.1 Å². The lowest BCUT2D eigenvalue weighted by atomic mass is 10.0. The first-order valence-corrected chi connectivity index (χ1v) is 6.49. The number of benzene rings is 1. The second-order valence-corrected chi connectivity index (χ2v) is 5.82. The Morgan fingerprint density at radius 2 is 1.95 bits per heavy atom. The third-order valence-corrected chi connectivity index (χ3v) is 3.49. The minimum absolute atomic E-state index is 0.00576. The van der Waals surface area contributed by atoms with E-state index in [1.807, 2.05) is 0 Å². The Bertz CT molecular complexity index is 451. The number of hydrogen-bond donors (Lipinski definition) is 0. The summed E-state index contributed by atoms with van der Waals surface area (Å²) in [5.74, 6) is 0. The molecule has 104 valence electrons. The quantitative estimate of drug-likeness (QED) is 0.609. The summed E-state index contributed by atoms with van der Waals surface area (Å²) in [6, 6.07) is 6.65. The highest BCUT2D eigenvalue weighted by molar-refractivity contribution is 5.34. The molecule has 1 aromatic carbocycles. The van der Waals surface area contributed by atoms with Crippen molar-refractivity contribution >= 4 is 5.69 Å². The molecule has 5 heteroatoms. The molecule has 1 atom stereocenters. The van der Waals surface area contributed by atoms with Crippen LogP contribution in [0.3, 0.4) is 0 Å². The van der Waals surface area contributed by atoms with Crippen molar-refractivity contribution in [1.82, 2.24) is 4.90 Å². The smallest absolute Gasteiger partial charge is 0.269 e. The Morgan fingerprint density at radius 1 is 1.32 bits per heavy atom. The highest BCUT2D eigenvalue weighted by atomic mass is 16.6. The van der Waals surface area contributed by atoms with Crippen molar-refractivity contribution in [2.24, 2.45) is 0 Å². The van der Waals surface area contributed by atoms with E-state index in [4.69, 9.17) is 4.74 Å². The molecule has 0 unspecified atom stereocenters. The first kappa shape index (κ1) is 14.0. The Hall–Kier alpha value is -1.46. The van der Waals surface area contributed by atoms with Gasteiger partial charge in [-0.2, -0.15) is 0 Å². The molecule has 1 fully saturated rings. The van der Waals surface area contributed by atoms with Crippen LogP contribution in [0.25, 0.3) is 0 Å². The minimum Gasteiger partial charge on any atom is -0.371 e. The Balaban J connectivity index is 2.11. The summed E-state index contributed by atoms with van der Waals surface area (Å²) in [5.41, 5.74) is 1.23. The van der Waals surface area contributed by atoms with Gasteiger partial charge in [-0.15, -0.1) is 0 Å². The number of morpholine rings is 1. The Kier molecular flexibility index (Phi) is 3.87. The van der Waals surface area contributed by atoms with E-state index in [0.29, 0.717) is 6.61 Å². The summed E-state index contributed by atoms with van der Waals surface area (Å²) in [5, 5.41) is 10.6. The molecular formula is C14H20N2O3. The molecule has 1 aliphatic heterocycles. The predicted octanol–water partition coefficient (Wildman–Crippen LogP) is 2.77. The van der Waals surface area contributed by atoms with E-state index in [2.05, 4.69) is 25.7 Å². The summed E-state index contributed by atoms with van der Waals surface area (Å²) in [6.45, 7) is 8.99. The van der Waals surface area contributed by atoms with Crippen molar-refractivity contribution in [1.29, 1.82) is 0 Å². The molecule has 0 amide bonds. The van der Waals surface area contributed by atoms with Gasteiger partial charge in [0.15, 0.2) is 0 Å². The van der Waals surface area contributed by atoms with Gasteiger partial charge in [0.2, 0.25) is 0 Å². The standard InChI is InChI=1S/C14H20N2O3/c1-14(2,3)15-8-9-19-13(10-15)11-4-6-12(7-5-11)16(17)18/h4-7,13H,8-10H2,1-3H3/t13-/m0/s1. The molecule has 0 N–H and O–H groups in total. The summed E-state index contributed by atoms with van der Waals surface area (Å²) in [6.07, 6.45) is -0.00576. The van der Waals surface area contributed by atoms with Crippen molar-refractivity contribution in [3.63, 3.8) is 0 Å². The van der Waals surface area contributed by atoms with E-state index in [1.165, 1.54) is 12.1 Å². The summed E-state index contributed by atoms with van der Waals surface area (Å²) in [4.78, 5) is 12.6. The molecule has 1 heterocycles. The molecule has 19 heavy (non-hydrogen) atoms. The van der Waals surface area contributed by atoms with E-state index in [9.17, 15) is 10.1 Å². The van der Waals surface area contributed by atoms with Gasteiger partial charge in [-0.1, -0.05) is 0 Å². The maximum absolute atomic E-state index is 10.6. The number of ether oxygens (including phenoxy) is 1. The van der Waals surface area contributed by atoms with E-state index in [1.54, 1.807) is 12.1 Å². The van der Waals surface area contributed by atoms with Crippen LogP contribution < -0.4 is 0 Å². The molecule has 0 aromatic heterocycles. The normalized spacial score (nSPS) is 21.3. The van der Waals surface area contributed by atoms with Crippen LogP contribution in [0.15, 0.2) is 24.3 Å². The van der Waals surface area contributed by atoms with Crippen LogP contribution in [0.5, 0.6) is 0 Å². The molecule has 1 saturated heterocycles. The predicted molar refractivity (Wildman–Crippen MR) is 73.1 cm³/mol. The van der Waals surface area contributed by atoms with Gasteiger partial charge in [0.05, 0.1) is 17.6 Å². The lowest BCUT2D eigenvalue weighted by Crippen LogP contribution is -2.48. The third kappa shape index (κ3) is 3.30. The second-order valence-electron chi connectivity index (χ2n) is 5.82. The monoisotopic (exact) mass is 264 g/mol. The maximum atomic E-state index is 10.6. The van der Waals surface area contributed by atoms with Gasteiger partial charge in [-0.05, 0) is 38.5 Å². The highest BCUT2D eigenvalue weighted by Crippen LogP contribution is 2.27. The molecule has 0 bridgehead atoms. The van der Waals surface area contributed by atoms with Gasteiger partial charge < -0.3 is 4.74 Å². The minimum atomic E-state index is -0.382. The van der Waals surface area contributed by atoms with Crippen molar-refractivity contribution < 1.29 is 9.66 Å². The number of nitro groups is 1. The van der Waals surface area contributed by atoms with E-state index >= 15 is 0 Å². The molecular weight excluding hydrogens is 244 g/mol. The van der Waals surface area contributed by atoms with Gasteiger partial charge in [-0.3, -0.25) is 15.0 Å². The summed E-state index contributed by atoms with van der Waals surface area (Å²) < 4.78 is 5.78. The van der Waals surface area contributed by atoms with Crippen LogP contribution in [0, 0.1) is 10.1 Å². The van der Waals surface area contributed by atoms with E-state index in [-0.39, 0.29) is 22.3 Å². The fourth-order valence-corrected chi connectivity index (χ4v) is 2.27. The fraction of sp³-hybridized carbons (Fsp3) is 0.571. The van der Waals surface area contributed by atoms with Crippen molar-refractivity contribution in [3.8, 4) is 0 Å². The van der Waals surface area contributed by atoms with Gasteiger partial charge in [0.25, 0.3) is 5.69 Å². The highest BCUT2D eigenvalue weighted by Gasteiger charge is 2.29. The number of nitro benzene ring substituents is 1. The van der Waals surface area contributed by atoms with Crippen molar-refractivity contribution in [2.45, 2.75) is 32.4 Å². The SMILES string of the molecule is CC(C)(C)N1CCO[C@H](c2ccc([N+](=O)[O-])cc2)C1. The van der Waals surface area contributed by atoms with Gasteiger partial charge in [-0.25, -0.2) is 0 Å². The zero-order valence-corrected chi connectivity index (χ0v) is 11.6. The van der Waals surface area contributed by atoms with Crippen molar-refractivity contribution in [2.75, 3.05) is 19.7 Å². The maximum Gasteiger partial charge on any atom is 0.269 e. The molecule has 0 radical (unpaired) electrons. The van der Waals surface area contributed by atoms with Crippen LogP contribution >= 0.6 is 0 Å². The number of hydrogen-bond acceptors (Lipinski definition) is 4. The lowest BCUT2D eigenvalue weighted by molar-refractivity contribution is -0.384. The molecule has 0 spiro atoms. The molecule has 0 saturated carbocycles. The average molecular weight is 264 g/mol. The largest absolute Gasteiger partial charge is 0.371 e. The molecule has 0 aliphatic carbocycles. The second kappa shape index (κ2) is 5.27. The van der Waals surface area contributed by atoms with Gasteiger partial charge in [0, 0.05) is 30.8 Å². The molecule has 1 aromatic rings. The number of non-ortho nitro benzene ring substituents is 1. The molecule has 1 aliphatic rings. The topological polar surface area (TPSA) is 55.6 Å². The number of nitrogens with zero attached hydrogens (tertiary/aromatic N) is 2. The van der Waals surface area contributed by atoms with Gasteiger partial charge >= 0.3 is 0 Å². The molecule has 2 rings (SSSR count). The van der Waals surface area contributed by atoms with Crippen LogP contribution in [0.4, 0.5) is 5.69 Å². The summed E-state index contributed by atoms with van der Waals surface area (Å²) in [7, 11) is 0. The van der Waals surface area contributed by atoms with Crippen molar-refractivity contribution in [3.05, 3.63) is 39.9 Å². The number of rotatable bonds is 2. The first-order valence-electron chi connectivity index (χ1n) is 6.49. The Morgan fingerprint density at radius 3 is 2.47 bits per heavy atom. The first-order chi connectivity index (χ1) is 8.88. The van der Waals surface area contributed by atoms with Crippen LogP contribution in [-0.2, 0) is 4.74 Å². The van der Waals surface area contributed by atoms with Gasteiger partial charge in [0.1, 0.15) is 0 Å². The summed E-state index contributed by atoms with van der Waals surface area (Å²) >= 11 is 0. The third-order valence-electron chi connectivity index (χ3n) is 3.49. The lowest BCUT2D eigenvalue weighted by Gasteiger charge is -2.41. The van der Waals surface area contributed by atoms with Crippen LogP contribution in [0.1, 0.15) is 32.4 Å². The van der Waals surface area contributed by atoms with Crippen LogP contribution in [0.2, 0.25) is 0 Å². The zero-order valence-electron chi connectivity index (χ0n) is 11.6. The molecule has 5 nitrogen and oxygen atoms in total. The van der Waals surface area contributed by atoms with E-state index < -0.39 is 0 Å². The average Bonchev–Trinajstić information content (AvgIpc) is 2.38. The fourth-order valence-electron chi connectivity index (χ4n) is 2.27. The zero-order chi connectivity index (χ0) is 14.0. The Labute approximate surface area is 113 Å². The van der Waals surface area contributed by atoms with E-state index in [0.717, 1.165) is 18.7 Å².